The van der Waals surface area contributed by atoms with Crippen molar-refractivity contribution in [1.82, 2.24) is 9.97 Å². The third kappa shape index (κ3) is 5.36. The first-order valence-corrected chi connectivity index (χ1v) is 11.2. The van der Waals surface area contributed by atoms with Crippen LogP contribution in [0, 0.1) is 15.2 Å². The maximum Gasteiger partial charge on any atom is 0.227 e. The van der Waals surface area contributed by atoms with Gasteiger partial charge in [-0.15, -0.1) is 0 Å². The van der Waals surface area contributed by atoms with Crippen molar-refractivity contribution in [2.24, 2.45) is 0 Å². The summed E-state index contributed by atoms with van der Waals surface area (Å²) in [4.78, 5) is 10.6. The van der Waals surface area contributed by atoms with Crippen LogP contribution in [0.3, 0.4) is 0 Å². The number of hydrogen-bond donors (Lipinski definition) is 2. The molecule has 0 bridgehead atoms. The van der Waals surface area contributed by atoms with E-state index in [4.69, 9.17) is 19.9 Å². The summed E-state index contributed by atoms with van der Waals surface area (Å²) < 4.78 is 44.8. The topological polar surface area (TPSA) is 94.8 Å². The summed E-state index contributed by atoms with van der Waals surface area (Å²) in [6, 6.07) is 7.02. The molecule has 1 aliphatic heterocycles. The smallest absolute Gasteiger partial charge is 0.227 e. The second-order valence-corrected chi connectivity index (χ2v) is 8.36. The first-order chi connectivity index (χ1) is 16.0. The minimum atomic E-state index is -0.800. The first kappa shape index (κ1) is 23.2. The molecule has 0 atom stereocenters. The van der Waals surface area contributed by atoms with Crippen LogP contribution in [0.15, 0.2) is 36.7 Å². The van der Waals surface area contributed by atoms with Gasteiger partial charge >= 0.3 is 0 Å². The second kappa shape index (κ2) is 10.3. The van der Waals surface area contributed by atoms with Gasteiger partial charge in [-0.3, -0.25) is 0 Å². The largest absolute Gasteiger partial charge is 0.494 e. The predicted molar refractivity (Wildman–Crippen MR) is 129 cm³/mol. The molecule has 1 aliphatic rings. The number of morpholine rings is 1. The number of rotatable bonds is 7. The highest BCUT2D eigenvalue weighted by Crippen LogP contribution is 2.29. The number of anilines is 4. The summed E-state index contributed by atoms with van der Waals surface area (Å²) in [6.45, 7) is 2.69. The molecule has 1 aromatic heterocycles. The monoisotopic (exact) mass is 569 g/mol. The molecule has 0 amide bonds. The van der Waals surface area contributed by atoms with Crippen LogP contribution in [0.4, 0.5) is 31.8 Å². The van der Waals surface area contributed by atoms with Crippen molar-refractivity contribution >= 4 is 45.6 Å². The Morgan fingerprint density at radius 2 is 1.88 bits per heavy atom. The summed E-state index contributed by atoms with van der Waals surface area (Å²) in [7, 11) is 1.32. The molecule has 0 saturated carbocycles. The summed E-state index contributed by atoms with van der Waals surface area (Å²) in [5.41, 5.74) is 8.22. The highest BCUT2D eigenvalue weighted by molar-refractivity contribution is 14.1. The number of aromatic nitrogens is 2. The summed E-state index contributed by atoms with van der Waals surface area (Å²) in [5.74, 6) is -0.976. The first-order valence-electron chi connectivity index (χ1n) is 10.1. The number of nitrogen functional groups attached to an aromatic ring is 1. The molecular weight excluding hydrogens is 547 g/mol. The molecule has 3 aromatic rings. The van der Waals surface area contributed by atoms with E-state index in [2.05, 4.69) is 20.2 Å². The molecule has 8 nitrogen and oxygen atoms in total. The highest BCUT2D eigenvalue weighted by atomic mass is 127. The normalized spacial score (nSPS) is 13.6. The number of nitrogens with one attached hydrogen (secondary N) is 1. The lowest BCUT2D eigenvalue weighted by atomic mass is 10.2. The molecule has 11 heteroatoms. The quantitative estimate of drug-likeness (QED) is 0.250. The van der Waals surface area contributed by atoms with Crippen molar-refractivity contribution in [2.75, 3.05) is 49.4 Å². The zero-order chi connectivity index (χ0) is 23.4. The number of halogens is 3. The maximum atomic E-state index is 14.4. The van der Waals surface area contributed by atoms with E-state index in [1.54, 1.807) is 22.6 Å². The SMILES string of the molecule is COc1cc(I)c(F)c(COc2cnc(Nc3ccc(N4CCOCC4)cc3N)nc2)c1F. The van der Waals surface area contributed by atoms with Gasteiger partial charge in [-0.1, -0.05) is 0 Å². The van der Waals surface area contributed by atoms with Crippen molar-refractivity contribution in [3.8, 4) is 11.5 Å². The average Bonchev–Trinajstić information content (AvgIpc) is 2.84. The predicted octanol–water partition coefficient (Wildman–Crippen LogP) is 4.11. The van der Waals surface area contributed by atoms with Crippen LogP contribution < -0.4 is 25.4 Å². The summed E-state index contributed by atoms with van der Waals surface area (Å²) in [6.07, 6.45) is 2.82. The van der Waals surface area contributed by atoms with Gasteiger partial charge in [0.25, 0.3) is 0 Å². The number of methoxy groups -OCH3 is 1. The fraction of sp³-hybridized carbons (Fsp3) is 0.273. The van der Waals surface area contributed by atoms with Gasteiger partial charge in [-0.05, 0) is 46.9 Å². The fourth-order valence-electron chi connectivity index (χ4n) is 3.32. The van der Waals surface area contributed by atoms with E-state index in [0.717, 1.165) is 18.8 Å². The lowest BCUT2D eigenvalue weighted by molar-refractivity contribution is 0.122. The van der Waals surface area contributed by atoms with Crippen LogP contribution in [-0.4, -0.2) is 43.4 Å². The summed E-state index contributed by atoms with van der Waals surface area (Å²) in [5, 5.41) is 3.06. The number of nitrogens with two attached hydrogens (primary N) is 1. The van der Waals surface area contributed by atoms with E-state index in [0.29, 0.717) is 30.5 Å². The van der Waals surface area contributed by atoms with E-state index >= 15 is 0 Å². The van der Waals surface area contributed by atoms with Gasteiger partial charge in [0.2, 0.25) is 5.95 Å². The number of nitrogens with zero attached hydrogens (tertiary/aromatic N) is 3. The zero-order valence-electron chi connectivity index (χ0n) is 17.8. The third-order valence-electron chi connectivity index (χ3n) is 5.10. The van der Waals surface area contributed by atoms with Gasteiger partial charge in [0, 0.05) is 18.8 Å². The number of hydrogen-bond acceptors (Lipinski definition) is 8. The van der Waals surface area contributed by atoms with Gasteiger partial charge in [0.1, 0.15) is 12.4 Å². The van der Waals surface area contributed by atoms with Crippen LogP contribution in [-0.2, 0) is 11.3 Å². The van der Waals surface area contributed by atoms with Gasteiger partial charge in [-0.25, -0.2) is 18.7 Å². The van der Waals surface area contributed by atoms with E-state index in [-0.39, 0.29) is 27.2 Å². The van der Waals surface area contributed by atoms with Gasteiger partial charge in [0.05, 0.1) is 53.2 Å². The van der Waals surface area contributed by atoms with Crippen molar-refractivity contribution in [3.63, 3.8) is 0 Å². The van der Waals surface area contributed by atoms with Crippen molar-refractivity contribution < 1.29 is 23.0 Å². The Hall–Kier alpha value is -2.93. The molecule has 2 heterocycles. The van der Waals surface area contributed by atoms with E-state index in [1.807, 2.05) is 18.2 Å². The molecule has 0 spiro atoms. The molecule has 2 aromatic carbocycles. The Labute approximate surface area is 203 Å². The molecule has 1 fully saturated rings. The third-order valence-corrected chi connectivity index (χ3v) is 5.89. The van der Waals surface area contributed by atoms with E-state index in [1.165, 1.54) is 25.6 Å². The second-order valence-electron chi connectivity index (χ2n) is 7.19. The molecule has 1 saturated heterocycles. The number of ether oxygens (including phenoxy) is 3. The van der Waals surface area contributed by atoms with Crippen LogP contribution >= 0.6 is 22.6 Å². The number of benzene rings is 2. The van der Waals surface area contributed by atoms with Gasteiger partial charge in [-0.2, -0.15) is 0 Å². The standard InChI is InChI=1S/C22H22F2IN5O3/c1-31-19-9-16(25)20(23)15(21(19)24)12-33-14-10-27-22(28-11-14)29-18-3-2-13(8-17(18)26)30-4-6-32-7-5-30/h2-3,8-11H,4-7,12,26H2,1H3,(H,27,28,29). The molecule has 33 heavy (non-hydrogen) atoms. The van der Waals surface area contributed by atoms with Crippen LogP contribution in [0.1, 0.15) is 5.56 Å². The lowest BCUT2D eigenvalue weighted by Crippen LogP contribution is -2.36. The zero-order valence-corrected chi connectivity index (χ0v) is 19.9. The molecule has 4 rings (SSSR count). The van der Waals surface area contributed by atoms with Crippen molar-refractivity contribution in [1.29, 1.82) is 0 Å². The Balaban J connectivity index is 1.41. The van der Waals surface area contributed by atoms with Crippen LogP contribution in [0.25, 0.3) is 0 Å². The van der Waals surface area contributed by atoms with Gasteiger partial charge < -0.3 is 30.2 Å². The lowest BCUT2D eigenvalue weighted by Gasteiger charge is -2.29. The minimum absolute atomic E-state index is 0.0487. The Morgan fingerprint density at radius 3 is 2.55 bits per heavy atom. The highest BCUT2D eigenvalue weighted by Gasteiger charge is 2.19. The Morgan fingerprint density at radius 1 is 1.15 bits per heavy atom. The van der Waals surface area contributed by atoms with E-state index < -0.39 is 11.6 Å². The summed E-state index contributed by atoms with van der Waals surface area (Å²) >= 11 is 1.77. The van der Waals surface area contributed by atoms with Gasteiger partial charge in [0.15, 0.2) is 17.3 Å². The van der Waals surface area contributed by atoms with Crippen LogP contribution in [0.5, 0.6) is 11.5 Å². The molecule has 3 N–H and O–H groups in total. The molecule has 0 unspecified atom stereocenters. The van der Waals surface area contributed by atoms with E-state index in [9.17, 15) is 8.78 Å². The molecular formula is C22H22F2IN5O3. The fourth-order valence-corrected chi connectivity index (χ4v) is 3.93. The molecule has 0 radical (unpaired) electrons. The maximum absolute atomic E-state index is 14.4. The Kier molecular flexibility index (Phi) is 7.28. The van der Waals surface area contributed by atoms with Crippen molar-refractivity contribution in [3.05, 3.63) is 57.4 Å². The van der Waals surface area contributed by atoms with Crippen molar-refractivity contribution in [2.45, 2.75) is 6.61 Å². The Bertz CT molecular complexity index is 1130. The minimum Gasteiger partial charge on any atom is -0.494 e. The molecule has 174 valence electrons. The molecule has 0 aliphatic carbocycles. The van der Waals surface area contributed by atoms with Crippen LogP contribution in [0.2, 0.25) is 0 Å². The average molecular weight is 569 g/mol.